The van der Waals surface area contributed by atoms with E-state index in [0.29, 0.717) is 12.8 Å². The predicted molar refractivity (Wildman–Crippen MR) is 65.2 cm³/mol. The van der Waals surface area contributed by atoms with Crippen molar-refractivity contribution in [2.75, 3.05) is 0 Å². The Labute approximate surface area is 109 Å². The number of carbonyl (C=O) groups is 2. The maximum absolute atomic E-state index is 13.2. The number of amides is 1. The molecule has 4 nitrogen and oxygen atoms in total. The Morgan fingerprint density at radius 2 is 2.17 bits per heavy atom. The maximum atomic E-state index is 13.2. The normalized spacial score (nSPS) is 11.9. The van der Waals surface area contributed by atoms with Crippen LogP contribution in [-0.4, -0.2) is 23.0 Å². The average molecular weight is 274 g/mol. The molecule has 98 valence electrons. The van der Waals surface area contributed by atoms with Gasteiger partial charge in [0.25, 0.3) is 5.91 Å². The van der Waals surface area contributed by atoms with Crippen LogP contribution >= 0.6 is 11.6 Å². The largest absolute Gasteiger partial charge is 0.480 e. The van der Waals surface area contributed by atoms with E-state index in [4.69, 9.17) is 16.7 Å². The lowest BCUT2D eigenvalue weighted by molar-refractivity contribution is -0.139. The van der Waals surface area contributed by atoms with Gasteiger partial charge in [-0.1, -0.05) is 24.9 Å². The predicted octanol–water partition coefficient (Wildman–Crippen LogP) is 2.46. The van der Waals surface area contributed by atoms with Crippen molar-refractivity contribution in [3.05, 3.63) is 34.6 Å². The molecule has 6 heteroatoms. The summed E-state index contributed by atoms with van der Waals surface area (Å²) in [6.45, 7) is 1.81. The Morgan fingerprint density at radius 3 is 2.67 bits per heavy atom. The highest BCUT2D eigenvalue weighted by Crippen LogP contribution is 2.15. The van der Waals surface area contributed by atoms with Crippen molar-refractivity contribution in [1.29, 1.82) is 0 Å². The van der Waals surface area contributed by atoms with E-state index < -0.39 is 23.7 Å². The number of rotatable bonds is 5. The molecule has 1 amide bonds. The quantitative estimate of drug-likeness (QED) is 0.866. The molecule has 1 aromatic carbocycles. The molecule has 0 aliphatic rings. The van der Waals surface area contributed by atoms with Crippen LogP contribution in [0, 0.1) is 5.82 Å². The number of hydrogen-bond donors (Lipinski definition) is 2. The van der Waals surface area contributed by atoms with E-state index in [2.05, 4.69) is 5.32 Å². The summed E-state index contributed by atoms with van der Waals surface area (Å²) < 4.78 is 13.2. The van der Waals surface area contributed by atoms with Crippen LogP contribution in [0.5, 0.6) is 0 Å². The van der Waals surface area contributed by atoms with Crippen molar-refractivity contribution in [1.82, 2.24) is 5.32 Å². The third-order valence-corrected chi connectivity index (χ3v) is 2.67. The minimum Gasteiger partial charge on any atom is -0.480 e. The lowest BCUT2D eigenvalue weighted by atomic mass is 10.1. The second kappa shape index (κ2) is 6.35. The zero-order chi connectivity index (χ0) is 13.7. The fourth-order valence-electron chi connectivity index (χ4n) is 1.43. The van der Waals surface area contributed by atoms with Gasteiger partial charge in [-0.05, 0) is 24.6 Å². The standard InChI is InChI=1S/C12H13ClFNO3/c1-2-3-10(12(17)18)15-11(16)7-4-5-8(13)9(14)6-7/h4-6,10H,2-3H2,1H3,(H,15,16)(H,17,18). The Kier molecular flexibility index (Phi) is 5.09. The number of carboxylic acid groups (broad SMARTS) is 1. The molecule has 0 spiro atoms. The molecular formula is C12H13ClFNO3. The summed E-state index contributed by atoms with van der Waals surface area (Å²) in [6, 6.07) is 2.59. The van der Waals surface area contributed by atoms with Gasteiger partial charge in [-0.2, -0.15) is 0 Å². The van der Waals surface area contributed by atoms with E-state index in [1.807, 2.05) is 6.92 Å². The van der Waals surface area contributed by atoms with Crippen LogP contribution in [0.3, 0.4) is 0 Å². The highest BCUT2D eigenvalue weighted by Gasteiger charge is 2.20. The van der Waals surface area contributed by atoms with Crippen LogP contribution in [0.4, 0.5) is 4.39 Å². The van der Waals surface area contributed by atoms with Gasteiger partial charge in [0.05, 0.1) is 5.02 Å². The van der Waals surface area contributed by atoms with Crippen LogP contribution in [0.2, 0.25) is 5.02 Å². The third kappa shape index (κ3) is 3.70. The fraction of sp³-hybridized carbons (Fsp3) is 0.333. The first-order valence-corrected chi connectivity index (χ1v) is 5.82. The smallest absolute Gasteiger partial charge is 0.326 e. The molecule has 1 rings (SSSR count). The Bertz CT molecular complexity index is 465. The molecule has 0 radical (unpaired) electrons. The number of aliphatic carboxylic acids is 1. The van der Waals surface area contributed by atoms with Gasteiger partial charge in [0.1, 0.15) is 11.9 Å². The monoisotopic (exact) mass is 273 g/mol. The first-order valence-electron chi connectivity index (χ1n) is 5.44. The highest BCUT2D eigenvalue weighted by atomic mass is 35.5. The minimum atomic E-state index is -1.11. The van der Waals surface area contributed by atoms with Crippen LogP contribution in [0.15, 0.2) is 18.2 Å². The van der Waals surface area contributed by atoms with E-state index >= 15 is 0 Å². The van der Waals surface area contributed by atoms with Gasteiger partial charge in [0.2, 0.25) is 0 Å². The zero-order valence-corrected chi connectivity index (χ0v) is 10.5. The fourth-order valence-corrected chi connectivity index (χ4v) is 1.54. The Hall–Kier alpha value is -1.62. The summed E-state index contributed by atoms with van der Waals surface area (Å²) in [5.41, 5.74) is 0.0410. The van der Waals surface area contributed by atoms with E-state index in [1.54, 1.807) is 0 Å². The van der Waals surface area contributed by atoms with Crippen LogP contribution in [-0.2, 0) is 4.79 Å². The summed E-state index contributed by atoms with van der Waals surface area (Å²) >= 11 is 5.49. The number of benzene rings is 1. The van der Waals surface area contributed by atoms with Crippen molar-refractivity contribution >= 4 is 23.5 Å². The molecule has 1 aromatic rings. The molecule has 0 aromatic heterocycles. The van der Waals surface area contributed by atoms with Gasteiger partial charge in [-0.15, -0.1) is 0 Å². The molecule has 2 N–H and O–H groups in total. The van der Waals surface area contributed by atoms with Crippen LogP contribution in [0.1, 0.15) is 30.1 Å². The summed E-state index contributed by atoms with van der Waals surface area (Å²) in [5.74, 6) is -2.46. The highest BCUT2D eigenvalue weighted by molar-refractivity contribution is 6.30. The lowest BCUT2D eigenvalue weighted by Crippen LogP contribution is -2.40. The molecule has 0 aliphatic carbocycles. The van der Waals surface area contributed by atoms with Gasteiger partial charge in [-0.25, -0.2) is 9.18 Å². The van der Waals surface area contributed by atoms with Crippen molar-refractivity contribution in [3.63, 3.8) is 0 Å². The topological polar surface area (TPSA) is 66.4 Å². The number of halogens is 2. The molecule has 0 fully saturated rings. The number of hydrogen-bond acceptors (Lipinski definition) is 2. The van der Waals surface area contributed by atoms with Crippen molar-refractivity contribution in [2.45, 2.75) is 25.8 Å². The summed E-state index contributed by atoms with van der Waals surface area (Å²) in [5, 5.41) is 11.1. The summed E-state index contributed by atoms with van der Waals surface area (Å²) in [6.07, 6.45) is 0.934. The molecule has 0 aliphatic heterocycles. The number of nitrogens with one attached hydrogen (secondary N) is 1. The molecule has 0 saturated carbocycles. The molecule has 1 atom stereocenters. The van der Waals surface area contributed by atoms with Crippen molar-refractivity contribution in [3.8, 4) is 0 Å². The molecule has 1 unspecified atom stereocenters. The van der Waals surface area contributed by atoms with Crippen LogP contribution in [0.25, 0.3) is 0 Å². The lowest BCUT2D eigenvalue weighted by Gasteiger charge is -2.13. The summed E-state index contributed by atoms with van der Waals surface area (Å²) in [7, 11) is 0. The van der Waals surface area contributed by atoms with Gasteiger partial charge >= 0.3 is 5.97 Å². The maximum Gasteiger partial charge on any atom is 0.326 e. The molecule has 0 heterocycles. The average Bonchev–Trinajstić information content (AvgIpc) is 2.31. The van der Waals surface area contributed by atoms with E-state index in [1.165, 1.54) is 12.1 Å². The Morgan fingerprint density at radius 1 is 1.50 bits per heavy atom. The third-order valence-electron chi connectivity index (χ3n) is 2.36. The minimum absolute atomic E-state index is 0.0410. The van der Waals surface area contributed by atoms with Gasteiger partial charge in [-0.3, -0.25) is 4.79 Å². The van der Waals surface area contributed by atoms with Gasteiger partial charge in [0, 0.05) is 5.56 Å². The molecule has 18 heavy (non-hydrogen) atoms. The number of carboxylic acids is 1. The van der Waals surface area contributed by atoms with Gasteiger partial charge < -0.3 is 10.4 Å². The van der Waals surface area contributed by atoms with Crippen LogP contribution < -0.4 is 5.32 Å². The SMILES string of the molecule is CCCC(NC(=O)c1ccc(Cl)c(F)c1)C(=O)O. The molecule has 0 bridgehead atoms. The number of carbonyl (C=O) groups excluding carboxylic acids is 1. The van der Waals surface area contributed by atoms with E-state index in [-0.39, 0.29) is 10.6 Å². The second-order valence-corrected chi connectivity index (χ2v) is 4.19. The first-order chi connectivity index (χ1) is 8.45. The molecular weight excluding hydrogens is 261 g/mol. The van der Waals surface area contributed by atoms with E-state index in [0.717, 1.165) is 6.07 Å². The second-order valence-electron chi connectivity index (χ2n) is 3.78. The van der Waals surface area contributed by atoms with Gasteiger partial charge in [0.15, 0.2) is 0 Å². The van der Waals surface area contributed by atoms with Crippen molar-refractivity contribution < 1.29 is 19.1 Å². The van der Waals surface area contributed by atoms with E-state index in [9.17, 15) is 14.0 Å². The first kappa shape index (κ1) is 14.4. The molecule has 0 saturated heterocycles. The Balaban J connectivity index is 2.80. The summed E-state index contributed by atoms with van der Waals surface area (Å²) in [4.78, 5) is 22.6. The van der Waals surface area contributed by atoms with Crippen molar-refractivity contribution in [2.24, 2.45) is 0 Å². The zero-order valence-electron chi connectivity index (χ0n) is 9.74.